The number of nitrogens with one attached hydrogen (secondary N) is 1. The lowest BCUT2D eigenvalue weighted by atomic mass is 10.1. The Balaban J connectivity index is 1.60. The van der Waals surface area contributed by atoms with Gasteiger partial charge in [-0.2, -0.15) is 5.10 Å². The number of rotatable bonds is 9. The Hall–Kier alpha value is -3.55. The second kappa shape index (κ2) is 11.0. The summed E-state index contributed by atoms with van der Waals surface area (Å²) in [6.07, 6.45) is 4.86. The van der Waals surface area contributed by atoms with Gasteiger partial charge in [0.05, 0.1) is 24.5 Å². The van der Waals surface area contributed by atoms with E-state index in [2.05, 4.69) is 10.5 Å². The lowest BCUT2D eigenvalue weighted by Gasteiger charge is -2.26. The number of carboxylic acids is 1. The Labute approximate surface area is 181 Å². The molecule has 0 bridgehead atoms. The Kier molecular flexibility index (Phi) is 7.86. The summed E-state index contributed by atoms with van der Waals surface area (Å²) < 4.78 is 11.4. The van der Waals surface area contributed by atoms with Crippen LogP contribution in [0.15, 0.2) is 47.6 Å². The first-order valence-corrected chi connectivity index (χ1v) is 10.3. The molecule has 8 nitrogen and oxygen atoms in total. The normalized spacial score (nSPS) is 13.8. The number of aromatic carboxylic acids is 1. The molecule has 1 amide bonds. The Morgan fingerprint density at radius 3 is 2.48 bits per heavy atom. The van der Waals surface area contributed by atoms with Gasteiger partial charge < -0.3 is 24.3 Å². The number of likely N-dealkylation sites (tertiary alicyclic amines) is 1. The predicted octanol–water partition coefficient (Wildman–Crippen LogP) is 2.29. The van der Waals surface area contributed by atoms with Crippen molar-refractivity contribution in [3.05, 3.63) is 53.6 Å². The number of benzene rings is 2. The number of carbonyl (C=O) groups excluding carboxylic acids is 2. The first-order valence-electron chi connectivity index (χ1n) is 10.3. The predicted molar refractivity (Wildman–Crippen MR) is 116 cm³/mol. The molecule has 164 valence electrons. The number of nitrogens with zero attached hydrogens (tertiary/aromatic N) is 2. The highest BCUT2D eigenvalue weighted by Gasteiger charge is 2.17. The smallest absolute Gasteiger partial charge is 0.260 e. The summed E-state index contributed by atoms with van der Waals surface area (Å²) in [4.78, 5) is 25.0. The van der Waals surface area contributed by atoms with E-state index in [1.165, 1.54) is 18.6 Å². The SMILES string of the molecule is CCOc1cc(/C=N\Nc2ccc(C(=O)[O-])cc2)ccc1OCC(=O)N1CCCCC1. The molecule has 3 rings (SSSR count). The maximum absolute atomic E-state index is 12.3. The number of hydrogen-bond donors (Lipinski definition) is 1. The molecule has 0 saturated carbocycles. The van der Waals surface area contributed by atoms with Crippen LogP contribution in [0.1, 0.15) is 42.1 Å². The van der Waals surface area contributed by atoms with Gasteiger partial charge in [0.15, 0.2) is 18.1 Å². The minimum atomic E-state index is -1.22. The average Bonchev–Trinajstić information content (AvgIpc) is 2.79. The van der Waals surface area contributed by atoms with Crippen molar-refractivity contribution in [1.82, 2.24) is 4.90 Å². The van der Waals surface area contributed by atoms with Crippen LogP contribution in [0.2, 0.25) is 0 Å². The van der Waals surface area contributed by atoms with Crippen molar-refractivity contribution in [3.8, 4) is 11.5 Å². The van der Waals surface area contributed by atoms with E-state index in [1.807, 2.05) is 17.9 Å². The number of amides is 1. The fourth-order valence-corrected chi connectivity index (χ4v) is 3.23. The molecular weight excluding hydrogens is 398 g/mol. The fourth-order valence-electron chi connectivity index (χ4n) is 3.23. The molecule has 1 N–H and O–H groups in total. The topological polar surface area (TPSA) is 103 Å². The zero-order valence-electron chi connectivity index (χ0n) is 17.5. The lowest BCUT2D eigenvalue weighted by Crippen LogP contribution is -2.38. The fraction of sp³-hybridized carbons (Fsp3) is 0.348. The van der Waals surface area contributed by atoms with E-state index in [4.69, 9.17) is 9.47 Å². The van der Waals surface area contributed by atoms with Gasteiger partial charge in [-0.15, -0.1) is 0 Å². The van der Waals surface area contributed by atoms with Crippen molar-refractivity contribution in [2.45, 2.75) is 26.2 Å². The molecule has 1 aliphatic heterocycles. The Bertz CT molecular complexity index is 921. The molecular formula is C23H26N3O5-. The third-order valence-electron chi connectivity index (χ3n) is 4.86. The highest BCUT2D eigenvalue weighted by molar-refractivity contribution is 5.86. The van der Waals surface area contributed by atoms with Gasteiger partial charge in [0.1, 0.15) is 0 Å². The van der Waals surface area contributed by atoms with E-state index >= 15 is 0 Å². The van der Waals surface area contributed by atoms with E-state index in [1.54, 1.807) is 30.5 Å². The van der Waals surface area contributed by atoms with E-state index in [0.29, 0.717) is 23.8 Å². The second-order valence-electron chi connectivity index (χ2n) is 7.10. The highest BCUT2D eigenvalue weighted by Crippen LogP contribution is 2.28. The van der Waals surface area contributed by atoms with Crippen LogP contribution in [-0.2, 0) is 4.79 Å². The van der Waals surface area contributed by atoms with Gasteiger partial charge in [-0.1, -0.05) is 12.1 Å². The molecule has 31 heavy (non-hydrogen) atoms. The number of ether oxygens (including phenoxy) is 2. The average molecular weight is 424 g/mol. The monoisotopic (exact) mass is 424 g/mol. The summed E-state index contributed by atoms with van der Waals surface area (Å²) in [5.74, 6) is -0.188. The first kappa shape index (κ1) is 22.1. The summed E-state index contributed by atoms with van der Waals surface area (Å²) in [6.45, 7) is 3.90. The molecule has 0 aromatic heterocycles. The van der Waals surface area contributed by atoms with E-state index in [-0.39, 0.29) is 18.1 Å². The third kappa shape index (κ3) is 6.47. The number of carbonyl (C=O) groups is 2. The third-order valence-corrected chi connectivity index (χ3v) is 4.86. The summed E-state index contributed by atoms with van der Waals surface area (Å²) >= 11 is 0. The van der Waals surface area contributed by atoms with Crippen LogP contribution in [0.5, 0.6) is 11.5 Å². The van der Waals surface area contributed by atoms with Crippen LogP contribution in [0.3, 0.4) is 0 Å². The van der Waals surface area contributed by atoms with Gasteiger partial charge in [0.2, 0.25) is 0 Å². The van der Waals surface area contributed by atoms with Crippen LogP contribution in [0, 0.1) is 0 Å². The summed E-state index contributed by atoms with van der Waals surface area (Å²) in [5.41, 5.74) is 4.35. The van der Waals surface area contributed by atoms with Crippen molar-refractivity contribution in [1.29, 1.82) is 0 Å². The molecule has 0 atom stereocenters. The molecule has 0 spiro atoms. The minimum Gasteiger partial charge on any atom is -0.545 e. The van der Waals surface area contributed by atoms with Gasteiger partial charge in [-0.05, 0) is 67.6 Å². The standard InChI is InChI=1S/C23H27N3O5/c1-2-30-21-14-17(15-24-25-19-9-7-18(8-10-19)23(28)29)6-11-20(21)31-16-22(27)26-12-4-3-5-13-26/h6-11,14-15,25H,2-5,12-13,16H2,1H3,(H,28,29)/p-1/b24-15-. The number of piperidine rings is 1. The minimum absolute atomic E-state index is 0.0123. The molecule has 1 fully saturated rings. The van der Waals surface area contributed by atoms with Gasteiger partial charge in [0.25, 0.3) is 5.91 Å². The molecule has 1 heterocycles. The maximum atomic E-state index is 12.3. The van der Waals surface area contributed by atoms with E-state index in [9.17, 15) is 14.7 Å². The van der Waals surface area contributed by atoms with Crippen LogP contribution in [0.25, 0.3) is 0 Å². The van der Waals surface area contributed by atoms with Crippen molar-refractivity contribution in [2.75, 3.05) is 31.7 Å². The van der Waals surface area contributed by atoms with Crippen molar-refractivity contribution < 1.29 is 24.2 Å². The largest absolute Gasteiger partial charge is 0.545 e. The van der Waals surface area contributed by atoms with Crippen LogP contribution >= 0.6 is 0 Å². The Morgan fingerprint density at radius 1 is 1.06 bits per heavy atom. The number of anilines is 1. The summed E-state index contributed by atoms with van der Waals surface area (Å²) in [6, 6.07) is 11.4. The quantitative estimate of drug-likeness (QED) is 0.489. The molecule has 0 aliphatic carbocycles. The Morgan fingerprint density at radius 2 is 1.81 bits per heavy atom. The molecule has 0 radical (unpaired) electrons. The zero-order chi connectivity index (χ0) is 22.1. The first-order chi connectivity index (χ1) is 15.1. The lowest BCUT2D eigenvalue weighted by molar-refractivity contribution is -0.255. The number of carboxylic acid groups (broad SMARTS) is 1. The van der Waals surface area contributed by atoms with Gasteiger partial charge >= 0.3 is 0 Å². The van der Waals surface area contributed by atoms with Crippen LogP contribution < -0.4 is 20.0 Å². The van der Waals surface area contributed by atoms with Gasteiger partial charge in [-0.3, -0.25) is 10.2 Å². The molecule has 0 unspecified atom stereocenters. The van der Waals surface area contributed by atoms with E-state index in [0.717, 1.165) is 31.5 Å². The van der Waals surface area contributed by atoms with Gasteiger partial charge in [-0.25, -0.2) is 0 Å². The summed E-state index contributed by atoms with van der Waals surface area (Å²) in [7, 11) is 0. The molecule has 1 saturated heterocycles. The molecule has 8 heteroatoms. The molecule has 1 aliphatic rings. The maximum Gasteiger partial charge on any atom is 0.260 e. The van der Waals surface area contributed by atoms with Crippen LogP contribution in [0.4, 0.5) is 5.69 Å². The van der Waals surface area contributed by atoms with Crippen LogP contribution in [-0.4, -0.2) is 49.3 Å². The van der Waals surface area contributed by atoms with Crippen molar-refractivity contribution >= 4 is 23.8 Å². The van der Waals surface area contributed by atoms with E-state index < -0.39 is 5.97 Å². The second-order valence-corrected chi connectivity index (χ2v) is 7.10. The number of hydrogen-bond acceptors (Lipinski definition) is 7. The van der Waals surface area contributed by atoms with Crippen molar-refractivity contribution in [2.24, 2.45) is 5.10 Å². The molecule has 2 aromatic carbocycles. The molecule has 2 aromatic rings. The van der Waals surface area contributed by atoms with Gasteiger partial charge in [0, 0.05) is 13.1 Å². The number of hydrazone groups is 1. The van der Waals surface area contributed by atoms with Crippen molar-refractivity contribution in [3.63, 3.8) is 0 Å². The highest BCUT2D eigenvalue weighted by atomic mass is 16.5. The zero-order valence-corrected chi connectivity index (χ0v) is 17.5. The summed E-state index contributed by atoms with van der Waals surface area (Å²) in [5, 5.41) is 14.9.